The molecule has 3 aliphatic rings. The number of piperidine rings is 1. The second-order valence-corrected chi connectivity index (χ2v) is 11.2. The van der Waals surface area contributed by atoms with E-state index in [1.807, 2.05) is 6.07 Å². The number of ether oxygens (including phenoxy) is 1. The normalized spacial score (nSPS) is 24.8. The van der Waals surface area contributed by atoms with Crippen molar-refractivity contribution in [2.45, 2.75) is 45.1 Å². The minimum Gasteiger partial charge on any atom is -0.486 e. The van der Waals surface area contributed by atoms with Gasteiger partial charge in [-0.25, -0.2) is 18.7 Å². The van der Waals surface area contributed by atoms with Crippen molar-refractivity contribution in [3.8, 4) is 5.75 Å². The summed E-state index contributed by atoms with van der Waals surface area (Å²) in [6, 6.07) is 2.12. The third-order valence-corrected chi connectivity index (χ3v) is 8.23. The van der Waals surface area contributed by atoms with Crippen LogP contribution in [0.5, 0.6) is 5.75 Å². The van der Waals surface area contributed by atoms with Gasteiger partial charge in [0, 0.05) is 49.8 Å². The van der Waals surface area contributed by atoms with Gasteiger partial charge in [-0.1, -0.05) is 25.4 Å². The van der Waals surface area contributed by atoms with Crippen molar-refractivity contribution >= 4 is 45.8 Å². The second-order valence-electron chi connectivity index (χ2n) is 10.8. The SMILES string of the molecule is C[C@@H]1CN(c2ncc(Cl)c(Nc3cnc4c(c3)c3c(c(=O)n4C)OCCC(C4CC4)N3)n2)C[C@H](C)C1(F)F. The van der Waals surface area contributed by atoms with Gasteiger partial charge in [0.05, 0.1) is 30.4 Å². The number of aromatic nitrogens is 4. The summed E-state index contributed by atoms with van der Waals surface area (Å²) in [5.74, 6) is -2.85. The first-order valence-corrected chi connectivity index (χ1v) is 13.4. The van der Waals surface area contributed by atoms with Crippen LogP contribution in [-0.2, 0) is 7.05 Å². The van der Waals surface area contributed by atoms with Gasteiger partial charge in [-0.3, -0.25) is 9.36 Å². The van der Waals surface area contributed by atoms with Crippen molar-refractivity contribution in [3.05, 3.63) is 33.8 Å². The van der Waals surface area contributed by atoms with Crippen LogP contribution in [0.4, 0.5) is 31.9 Å². The Morgan fingerprint density at radius 2 is 1.89 bits per heavy atom. The molecule has 2 aliphatic heterocycles. The molecule has 6 rings (SSSR count). The van der Waals surface area contributed by atoms with E-state index < -0.39 is 17.8 Å². The number of nitrogens with one attached hydrogen (secondary N) is 2. The number of hydrogen-bond acceptors (Lipinski definition) is 8. The molecule has 0 radical (unpaired) electrons. The van der Waals surface area contributed by atoms with Crippen molar-refractivity contribution in [2.24, 2.45) is 24.8 Å². The fraction of sp³-hybridized carbons (Fsp3) is 0.538. The molecule has 0 spiro atoms. The molecule has 5 heterocycles. The van der Waals surface area contributed by atoms with Gasteiger partial charge in [-0.15, -0.1) is 0 Å². The van der Waals surface area contributed by atoms with E-state index in [2.05, 4.69) is 25.6 Å². The van der Waals surface area contributed by atoms with Gasteiger partial charge >= 0.3 is 0 Å². The first-order valence-electron chi connectivity index (χ1n) is 13.0. The lowest BCUT2D eigenvalue weighted by molar-refractivity contribution is -0.105. The molecule has 2 fully saturated rings. The number of rotatable bonds is 4. The van der Waals surface area contributed by atoms with E-state index >= 15 is 0 Å². The number of nitrogens with zero attached hydrogens (tertiary/aromatic N) is 5. The maximum absolute atomic E-state index is 14.4. The predicted molar refractivity (Wildman–Crippen MR) is 143 cm³/mol. The Hall–Kier alpha value is -3.21. The third-order valence-electron chi connectivity index (χ3n) is 7.96. The predicted octanol–water partition coefficient (Wildman–Crippen LogP) is 4.82. The van der Waals surface area contributed by atoms with Gasteiger partial charge < -0.3 is 20.3 Å². The molecule has 202 valence electrons. The molecule has 38 heavy (non-hydrogen) atoms. The van der Waals surface area contributed by atoms with E-state index in [9.17, 15) is 13.6 Å². The van der Waals surface area contributed by atoms with E-state index in [1.165, 1.54) is 23.6 Å². The largest absolute Gasteiger partial charge is 0.486 e. The van der Waals surface area contributed by atoms with Crippen molar-refractivity contribution in [1.29, 1.82) is 0 Å². The van der Waals surface area contributed by atoms with E-state index in [1.54, 1.807) is 32.0 Å². The monoisotopic (exact) mass is 545 g/mol. The summed E-state index contributed by atoms with van der Waals surface area (Å²) in [4.78, 5) is 28.2. The molecule has 9 nitrogen and oxygen atoms in total. The van der Waals surface area contributed by atoms with Gasteiger partial charge in [-0.05, 0) is 24.8 Å². The number of alkyl halides is 2. The Balaban J connectivity index is 1.34. The molecule has 3 aromatic heterocycles. The summed E-state index contributed by atoms with van der Waals surface area (Å²) < 4.78 is 36.1. The van der Waals surface area contributed by atoms with Crippen LogP contribution in [0.3, 0.4) is 0 Å². The maximum atomic E-state index is 14.4. The molecule has 0 aromatic carbocycles. The second kappa shape index (κ2) is 9.21. The lowest BCUT2D eigenvalue weighted by atomic mass is 9.87. The maximum Gasteiger partial charge on any atom is 0.296 e. The smallest absolute Gasteiger partial charge is 0.296 e. The molecule has 1 aliphatic carbocycles. The summed E-state index contributed by atoms with van der Waals surface area (Å²) in [5, 5.41) is 7.81. The van der Waals surface area contributed by atoms with Crippen molar-refractivity contribution in [2.75, 3.05) is 35.2 Å². The van der Waals surface area contributed by atoms with Gasteiger partial charge in [-0.2, -0.15) is 4.98 Å². The number of pyridine rings is 2. The van der Waals surface area contributed by atoms with E-state index in [0.717, 1.165) is 11.8 Å². The van der Waals surface area contributed by atoms with E-state index in [0.29, 0.717) is 47.1 Å². The van der Waals surface area contributed by atoms with Crippen LogP contribution in [0.2, 0.25) is 5.02 Å². The Morgan fingerprint density at radius 1 is 1.16 bits per heavy atom. The minimum atomic E-state index is -2.74. The third kappa shape index (κ3) is 4.30. The first-order chi connectivity index (χ1) is 18.1. The van der Waals surface area contributed by atoms with Crippen molar-refractivity contribution in [1.82, 2.24) is 19.5 Å². The molecule has 2 N–H and O–H groups in total. The molecule has 0 amide bonds. The highest BCUT2D eigenvalue weighted by molar-refractivity contribution is 6.32. The molecule has 3 aromatic rings. The quantitative estimate of drug-likeness (QED) is 0.481. The average Bonchev–Trinajstić information content (AvgIpc) is 3.74. The zero-order valence-corrected chi connectivity index (χ0v) is 22.2. The topological polar surface area (TPSA) is 97.2 Å². The van der Waals surface area contributed by atoms with Crippen LogP contribution < -0.4 is 25.8 Å². The Labute approximate surface area is 223 Å². The number of anilines is 4. The van der Waals surface area contributed by atoms with Crippen LogP contribution >= 0.6 is 11.6 Å². The summed E-state index contributed by atoms with van der Waals surface area (Å²) >= 11 is 6.43. The number of fused-ring (bicyclic) bond motifs is 3. The lowest BCUT2D eigenvalue weighted by Crippen LogP contribution is -2.52. The average molecular weight is 546 g/mol. The van der Waals surface area contributed by atoms with Gasteiger partial charge in [0.1, 0.15) is 10.7 Å². The molecule has 3 atom stereocenters. The van der Waals surface area contributed by atoms with Crippen molar-refractivity contribution < 1.29 is 13.5 Å². The van der Waals surface area contributed by atoms with Crippen LogP contribution in [-0.4, -0.2) is 51.2 Å². The standard InChI is InChI=1S/C26H30ClF2N7O2/c1-13-11-36(12-14(2)26(13,28)29)25-31-10-18(27)22(34-25)32-16-8-17-20-21(24(37)35(3)23(17)30-9-16)38-7-6-19(33-20)15-4-5-15/h8-10,13-15,19,33H,4-7,11-12H2,1-3H3,(H,31,32,34)/t13-,14+,19?. The van der Waals surface area contributed by atoms with Crippen LogP contribution in [0.25, 0.3) is 11.0 Å². The fourth-order valence-corrected chi connectivity index (χ4v) is 5.63. The van der Waals surface area contributed by atoms with Gasteiger partial charge in [0.2, 0.25) is 11.7 Å². The summed E-state index contributed by atoms with van der Waals surface area (Å²) in [6.45, 7) is 3.85. The highest BCUT2D eigenvalue weighted by Gasteiger charge is 2.47. The highest BCUT2D eigenvalue weighted by Crippen LogP contribution is 2.41. The Kier molecular flexibility index (Phi) is 6.08. The van der Waals surface area contributed by atoms with Gasteiger partial charge in [0.15, 0.2) is 5.82 Å². The van der Waals surface area contributed by atoms with Crippen LogP contribution in [0, 0.1) is 17.8 Å². The zero-order valence-electron chi connectivity index (χ0n) is 21.5. The molecule has 1 unspecified atom stereocenters. The first kappa shape index (κ1) is 25.1. The fourth-order valence-electron chi connectivity index (χ4n) is 5.49. The zero-order chi connectivity index (χ0) is 26.8. The Bertz CT molecular complexity index is 1450. The van der Waals surface area contributed by atoms with E-state index in [4.69, 9.17) is 16.3 Å². The number of aryl methyl sites for hydroxylation is 1. The number of hydrogen-bond donors (Lipinski definition) is 2. The summed E-state index contributed by atoms with van der Waals surface area (Å²) in [7, 11) is 1.68. The molecule has 1 saturated carbocycles. The van der Waals surface area contributed by atoms with E-state index in [-0.39, 0.29) is 29.7 Å². The van der Waals surface area contributed by atoms with Crippen molar-refractivity contribution in [3.63, 3.8) is 0 Å². The van der Waals surface area contributed by atoms with Gasteiger partial charge in [0.25, 0.3) is 11.5 Å². The molecule has 1 saturated heterocycles. The minimum absolute atomic E-state index is 0.143. The molecule has 0 bridgehead atoms. The van der Waals surface area contributed by atoms with Crippen LogP contribution in [0.1, 0.15) is 33.1 Å². The Morgan fingerprint density at radius 3 is 2.61 bits per heavy atom. The highest BCUT2D eigenvalue weighted by atomic mass is 35.5. The van der Waals surface area contributed by atoms with Crippen LogP contribution in [0.15, 0.2) is 23.3 Å². The lowest BCUT2D eigenvalue weighted by Gasteiger charge is -2.41. The molecule has 12 heteroatoms. The molecular formula is C26H30ClF2N7O2. The number of halogens is 3. The molecular weight excluding hydrogens is 516 g/mol. The summed E-state index contributed by atoms with van der Waals surface area (Å²) in [5.41, 5.74) is 1.55. The summed E-state index contributed by atoms with van der Waals surface area (Å²) in [6.07, 6.45) is 6.24.